The summed E-state index contributed by atoms with van der Waals surface area (Å²) in [6.45, 7) is 10.1. The van der Waals surface area contributed by atoms with Gasteiger partial charge in [0.1, 0.15) is 12.4 Å². The number of hydrogen-bond donors (Lipinski definition) is 2. The first-order valence-corrected chi connectivity index (χ1v) is 6.35. The van der Waals surface area contributed by atoms with Crippen LogP contribution >= 0.6 is 0 Å². The van der Waals surface area contributed by atoms with Crippen LogP contribution in [0.1, 0.15) is 52.2 Å². The summed E-state index contributed by atoms with van der Waals surface area (Å²) >= 11 is 0. The molecule has 3 N–H and O–H groups in total. The Hall–Kier alpha value is -1.36. The molecule has 0 saturated carbocycles. The number of nitrogens with two attached hydrogens (primary N) is 1. The zero-order valence-electron chi connectivity index (χ0n) is 11.9. The molecular weight excluding hydrogens is 228 g/mol. The maximum Gasteiger partial charge on any atom is 0.240 e. The van der Waals surface area contributed by atoms with E-state index < -0.39 is 0 Å². The Balaban J connectivity index is 2.80. The fraction of sp³-hybridized carbons (Fsp3) is 0.692. The third kappa shape index (κ3) is 4.14. The maximum atomic E-state index is 11.9. The molecule has 0 radical (unpaired) electrons. The van der Waals surface area contributed by atoms with Gasteiger partial charge in [0, 0.05) is 24.2 Å². The van der Waals surface area contributed by atoms with E-state index in [-0.39, 0.29) is 17.5 Å². The quantitative estimate of drug-likeness (QED) is 0.850. The lowest BCUT2D eigenvalue weighted by Gasteiger charge is -2.20. The Morgan fingerprint density at radius 1 is 1.56 bits per heavy atom. The van der Waals surface area contributed by atoms with E-state index in [0.29, 0.717) is 6.54 Å². The minimum atomic E-state index is -0.214. The van der Waals surface area contributed by atoms with Crippen molar-refractivity contribution in [2.75, 3.05) is 0 Å². The number of rotatable bonds is 4. The largest absolute Gasteiger partial charge is 0.350 e. The summed E-state index contributed by atoms with van der Waals surface area (Å²) in [5.74, 6) is 0.886. The maximum absolute atomic E-state index is 11.9. The third-order valence-corrected chi connectivity index (χ3v) is 2.49. The van der Waals surface area contributed by atoms with Crippen LogP contribution in [0.25, 0.3) is 0 Å². The first-order chi connectivity index (χ1) is 8.23. The highest BCUT2D eigenvalue weighted by atomic mass is 16.2. The molecule has 1 aromatic rings. The SMILES string of the molecule is CCc1nc([C@@H](C)N)cn1CC(=O)NC(C)(C)C. The molecule has 5 heteroatoms. The molecule has 0 aliphatic carbocycles. The Labute approximate surface area is 109 Å². The highest BCUT2D eigenvalue weighted by Crippen LogP contribution is 2.11. The van der Waals surface area contributed by atoms with Gasteiger partial charge in [-0.15, -0.1) is 0 Å². The number of amides is 1. The van der Waals surface area contributed by atoms with Crippen molar-refractivity contribution in [2.45, 2.75) is 59.2 Å². The predicted octanol–water partition coefficient (Wildman–Crippen LogP) is 1.38. The van der Waals surface area contributed by atoms with Crippen LogP contribution in [0.5, 0.6) is 0 Å². The van der Waals surface area contributed by atoms with Gasteiger partial charge in [-0.25, -0.2) is 4.98 Å². The molecule has 0 bridgehead atoms. The lowest BCUT2D eigenvalue weighted by molar-refractivity contribution is -0.123. The van der Waals surface area contributed by atoms with Crippen LogP contribution in [0.2, 0.25) is 0 Å². The van der Waals surface area contributed by atoms with Gasteiger partial charge in [-0.1, -0.05) is 6.92 Å². The minimum Gasteiger partial charge on any atom is -0.350 e. The smallest absolute Gasteiger partial charge is 0.240 e. The van der Waals surface area contributed by atoms with Gasteiger partial charge in [0.15, 0.2) is 0 Å². The topological polar surface area (TPSA) is 72.9 Å². The summed E-state index contributed by atoms with van der Waals surface area (Å²) in [5.41, 5.74) is 6.42. The van der Waals surface area contributed by atoms with Crippen molar-refractivity contribution in [1.29, 1.82) is 0 Å². The minimum absolute atomic E-state index is 0.00850. The molecule has 0 fully saturated rings. The van der Waals surface area contributed by atoms with Gasteiger partial charge >= 0.3 is 0 Å². The van der Waals surface area contributed by atoms with E-state index in [1.165, 1.54) is 0 Å². The number of aromatic nitrogens is 2. The lowest BCUT2D eigenvalue weighted by atomic mass is 10.1. The normalized spacial score (nSPS) is 13.4. The molecule has 1 heterocycles. The van der Waals surface area contributed by atoms with Crippen LogP contribution in [0.4, 0.5) is 0 Å². The monoisotopic (exact) mass is 252 g/mol. The third-order valence-electron chi connectivity index (χ3n) is 2.49. The van der Waals surface area contributed by atoms with Gasteiger partial charge in [-0.05, 0) is 27.7 Å². The van der Waals surface area contributed by atoms with Crippen molar-refractivity contribution in [1.82, 2.24) is 14.9 Å². The van der Waals surface area contributed by atoms with E-state index in [9.17, 15) is 4.79 Å². The molecule has 5 nitrogen and oxygen atoms in total. The number of imidazole rings is 1. The summed E-state index contributed by atoms with van der Waals surface area (Å²) in [6.07, 6.45) is 2.65. The van der Waals surface area contributed by atoms with Crippen LogP contribution in [-0.4, -0.2) is 21.0 Å². The molecule has 1 aromatic heterocycles. The molecule has 1 atom stereocenters. The average Bonchev–Trinajstić information content (AvgIpc) is 2.57. The van der Waals surface area contributed by atoms with Gasteiger partial charge in [-0.2, -0.15) is 0 Å². The summed E-state index contributed by atoms with van der Waals surface area (Å²) in [5, 5.41) is 2.94. The van der Waals surface area contributed by atoms with E-state index in [0.717, 1.165) is 17.9 Å². The molecular formula is C13H24N4O. The number of nitrogens with one attached hydrogen (secondary N) is 1. The second kappa shape index (κ2) is 5.52. The first-order valence-electron chi connectivity index (χ1n) is 6.35. The van der Waals surface area contributed by atoms with Gasteiger partial charge in [-0.3, -0.25) is 4.79 Å². The molecule has 1 amide bonds. The van der Waals surface area contributed by atoms with Crippen molar-refractivity contribution in [3.63, 3.8) is 0 Å². The average molecular weight is 252 g/mol. The highest BCUT2D eigenvalue weighted by Gasteiger charge is 2.16. The second-order valence-electron chi connectivity index (χ2n) is 5.65. The van der Waals surface area contributed by atoms with Crippen molar-refractivity contribution in [3.8, 4) is 0 Å². The summed E-state index contributed by atoms with van der Waals surface area (Å²) in [7, 11) is 0. The van der Waals surface area contributed by atoms with E-state index >= 15 is 0 Å². The number of carbonyl (C=O) groups excluding carboxylic acids is 1. The zero-order chi connectivity index (χ0) is 13.9. The van der Waals surface area contributed by atoms with Gasteiger partial charge in [0.2, 0.25) is 5.91 Å². The molecule has 0 unspecified atom stereocenters. The Kier molecular flexibility index (Phi) is 4.51. The van der Waals surface area contributed by atoms with Gasteiger partial charge in [0.05, 0.1) is 5.69 Å². The van der Waals surface area contributed by atoms with Crippen LogP contribution in [0.3, 0.4) is 0 Å². The van der Waals surface area contributed by atoms with Crippen molar-refractivity contribution in [2.24, 2.45) is 5.73 Å². The standard InChI is InChI=1S/C13H24N4O/c1-6-11-15-10(9(2)14)7-17(11)8-12(18)16-13(3,4)5/h7,9H,6,8,14H2,1-5H3,(H,16,18)/t9-/m1/s1. The van der Waals surface area contributed by atoms with E-state index in [4.69, 9.17) is 5.73 Å². The lowest BCUT2D eigenvalue weighted by Crippen LogP contribution is -2.42. The molecule has 18 heavy (non-hydrogen) atoms. The Morgan fingerprint density at radius 3 is 2.61 bits per heavy atom. The highest BCUT2D eigenvalue weighted by molar-refractivity contribution is 5.76. The summed E-state index contributed by atoms with van der Waals surface area (Å²) in [6, 6.07) is -0.109. The van der Waals surface area contributed by atoms with Crippen LogP contribution in [0, 0.1) is 0 Å². The molecule has 0 spiro atoms. The molecule has 0 saturated heterocycles. The van der Waals surface area contributed by atoms with Gasteiger partial charge in [0.25, 0.3) is 0 Å². The number of carbonyl (C=O) groups is 1. The number of hydrogen-bond acceptors (Lipinski definition) is 3. The Morgan fingerprint density at radius 2 is 2.17 bits per heavy atom. The van der Waals surface area contributed by atoms with E-state index in [2.05, 4.69) is 10.3 Å². The molecule has 102 valence electrons. The summed E-state index contributed by atoms with van der Waals surface area (Å²) in [4.78, 5) is 16.3. The van der Waals surface area contributed by atoms with Crippen LogP contribution < -0.4 is 11.1 Å². The predicted molar refractivity (Wildman–Crippen MR) is 72.1 cm³/mol. The fourth-order valence-corrected chi connectivity index (χ4v) is 1.73. The van der Waals surface area contributed by atoms with Crippen LogP contribution in [-0.2, 0) is 17.8 Å². The Bertz CT molecular complexity index is 415. The summed E-state index contributed by atoms with van der Waals surface area (Å²) < 4.78 is 1.87. The van der Waals surface area contributed by atoms with E-state index in [1.807, 2.05) is 45.4 Å². The molecule has 1 rings (SSSR count). The second-order valence-corrected chi connectivity index (χ2v) is 5.65. The van der Waals surface area contributed by atoms with Crippen LogP contribution in [0.15, 0.2) is 6.20 Å². The molecule has 0 aliphatic rings. The zero-order valence-corrected chi connectivity index (χ0v) is 11.9. The number of nitrogens with zero attached hydrogens (tertiary/aromatic N) is 2. The molecule has 0 aromatic carbocycles. The van der Waals surface area contributed by atoms with Crippen molar-refractivity contribution >= 4 is 5.91 Å². The number of aryl methyl sites for hydroxylation is 1. The fourth-order valence-electron chi connectivity index (χ4n) is 1.73. The molecule has 0 aliphatic heterocycles. The van der Waals surface area contributed by atoms with Crippen molar-refractivity contribution < 1.29 is 4.79 Å². The van der Waals surface area contributed by atoms with Crippen molar-refractivity contribution in [3.05, 3.63) is 17.7 Å². The van der Waals surface area contributed by atoms with Gasteiger partial charge < -0.3 is 15.6 Å². The van der Waals surface area contributed by atoms with E-state index in [1.54, 1.807) is 0 Å². The first kappa shape index (κ1) is 14.7.